The van der Waals surface area contributed by atoms with Crippen LogP contribution in [0.15, 0.2) is 30.5 Å². The summed E-state index contributed by atoms with van der Waals surface area (Å²) in [6.45, 7) is 4.09. The minimum Gasteiger partial charge on any atom is -0.491 e. The largest absolute Gasteiger partial charge is 0.491 e. The van der Waals surface area contributed by atoms with Crippen molar-refractivity contribution in [1.82, 2.24) is 9.78 Å². The van der Waals surface area contributed by atoms with Crippen LogP contribution in [-0.4, -0.2) is 20.6 Å². The molecule has 0 bridgehead atoms. The number of aromatic nitrogens is 2. The van der Waals surface area contributed by atoms with Crippen LogP contribution in [0.2, 0.25) is 0 Å². The maximum atomic E-state index is 11.7. The topological polar surface area (TPSA) is 53.4 Å². The van der Waals surface area contributed by atoms with Gasteiger partial charge in [0, 0.05) is 30.4 Å². The first kappa shape index (κ1) is 15.6. The molecule has 5 nitrogen and oxygen atoms in total. The van der Waals surface area contributed by atoms with Crippen LogP contribution >= 0.6 is 15.9 Å². The number of ether oxygens (including phenoxy) is 2. The van der Waals surface area contributed by atoms with Crippen molar-refractivity contribution in [2.45, 2.75) is 26.6 Å². The highest BCUT2D eigenvalue weighted by Crippen LogP contribution is 2.26. The van der Waals surface area contributed by atoms with Crippen molar-refractivity contribution in [3.8, 4) is 11.6 Å². The van der Waals surface area contributed by atoms with E-state index < -0.39 is 0 Å². The Kier molecular flexibility index (Phi) is 5.01. The van der Waals surface area contributed by atoms with E-state index in [1.165, 1.54) is 0 Å². The van der Waals surface area contributed by atoms with Gasteiger partial charge in [-0.2, -0.15) is 0 Å². The zero-order valence-electron chi connectivity index (χ0n) is 12.2. The zero-order chi connectivity index (χ0) is 15.4. The molecule has 0 fully saturated rings. The molecular formula is C15H17BrN2O3. The summed E-state index contributed by atoms with van der Waals surface area (Å²) < 4.78 is 12.8. The highest BCUT2D eigenvalue weighted by atomic mass is 79.9. The Balaban J connectivity index is 2.27. The van der Waals surface area contributed by atoms with Gasteiger partial charge in [-0.15, -0.1) is 5.10 Å². The summed E-state index contributed by atoms with van der Waals surface area (Å²) in [5.74, 6) is 1.15. The normalized spacial score (nSPS) is 10.7. The second-order valence-corrected chi connectivity index (χ2v) is 5.56. The van der Waals surface area contributed by atoms with E-state index in [4.69, 9.17) is 9.47 Å². The summed E-state index contributed by atoms with van der Waals surface area (Å²) >= 11 is 2.99. The number of carbonyl (C=O) groups is 1. The van der Waals surface area contributed by atoms with E-state index in [0.29, 0.717) is 22.8 Å². The van der Waals surface area contributed by atoms with Crippen LogP contribution < -0.4 is 9.47 Å². The molecule has 0 unspecified atom stereocenters. The minimum absolute atomic E-state index is 0.0132. The highest BCUT2D eigenvalue weighted by molar-refractivity contribution is 9.18. The summed E-state index contributed by atoms with van der Waals surface area (Å²) in [5.41, 5.74) is 1.24. The molecule has 1 heterocycles. The standard InChI is InChI=1S/C15H17BrN2O3/c1-10(2)21-13-6-4-5-11(15(16)19)12(13)9-20-14-7-8-18(3)17-14/h4-8,10H,9H2,1-3H3. The van der Waals surface area contributed by atoms with Crippen LogP contribution in [-0.2, 0) is 13.7 Å². The van der Waals surface area contributed by atoms with Crippen LogP contribution in [0, 0.1) is 0 Å². The van der Waals surface area contributed by atoms with Crippen molar-refractivity contribution in [2.24, 2.45) is 7.05 Å². The number of benzene rings is 1. The van der Waals surface area contributed by atoms with Crippen LogP contribution in [0.5, 0.6) is 11.6 Å². The quantitative estimate of drug-likeness (QED) is 0.748. The molecule has 1 aromatic carbocycles. The lowest BCUT2D eigenvalue weighted by Gasteiger charge is -2.16. The maximum absolute atomic E-state index is 11.7. The molecule has 0 saturated carbocycles. The number of nitrogens with zero attached hydrogens (tertiary/aromatic N) is 2. The summed E-state index contributed by atoms with van der Waals surface area (Å²) in [5, 5.41) is 4.15. The molecular weight excluding hydrogens is 336 g/mol. The minimum atomic E-state index is -0.198. The second-order valence-electron chi connectivity index (χ2n) is 4.84. The SMILES string of the molecule is CC(C)Oc1cccc(C(=O)Br)c1COc1ccn(C)n1. The molecule has 2 aromatic rings. The van der Waals surface area contributed by atoms with Crippen molar-refractivity contribution in [3.05, 3.63) is 41.6 Å². The monoisotopic (exact) mass is 352 g/mol. The van der Waals surface area contributed by atoms with E-state index in [1.807, 2.05) is 27.0 Å². The first-order valence-corrected chi connectivity index (χ1v) is 7.37. The van der Waals surface area contributed by atoms with Crippen LogP contribution in [0.25, 0.3) is 0 Å². The van der Waals surface area contributed by atoms with E-state index in [9.17, 15) is 4.79 Å². The fraction of sp³-hybridized carbons (Fsp3) is 0.333. The van der Waals surface area contributed by atoms with Crippen molar-refractivity contribution < 1.29 is 14.3 Å². The third-order valence-electron chi connectivity index (χ3n) is 2.76. The molecule has 0 saturated heterocycles. The van der Waals surface area contributed by atoms with Gasteiger partial charge in [0.15, 0.2) is 0 Å². The molecule has 21 heavy (non-hydrogen) atoms. The van der Waals surface area contributed by atoms with Gasteiger partial charge < -0.3 is 9.47 Å². The van der Waals surface area contributed by atoms with Gasteiger partial charge in [0.2, 0.25) is 10.6 Å². The molecule has 0 radical (unpaired) electrons. The Morgan fingerprint density at radius 3 is 2.71 bits per heavy atom. The van der Waals surface area contributed by atoms with Gasteiger partial charge in [0.25, 0.3) is 0 Å². The molecule has 112 valence electrons. The molecule has 0 amide bonds. The molecule has 1 aromatic heterocycles. The summed E-state index contributed by atoms with van der Waals surface area (Å²) in [7, 11) is 1.82. The average Bonchev–Trinajstić information content (AvgIpc) is 2.82. The van der Waals surface area contributed by atoms with E-state index in [2.05, 4.69) is 21.0 Å². The van der Waals surface area contributed by atoms with Gasteiger partial charge in [0.1, 0.15) is 12.4 Å². The van der Waals surface area contributed by atoms with E-state index in [-0.39, 0.29) is 17.4 Å². The molecule has 0 aliphatic rings. The van der Waals surface area contributed by atoms with Gasteiger partial charge in [-0.25, -0.2) is 0 Å². The lowest BCUT2D eigenvalue weighted by molar-refractivity contribution is 0.109. The predicted octanol–water partition coefficient (Wildman–Crippen LogP) is 3.32. The molecule has 0 spiro atoms. The van der Waals surface area contributed by atoms with Crippen LogP contribution in [0.4, 0.5) is 0 Å². The number of hydrogen-bond donors (Lipinski definition) is 0. The molecule has 6 heteroatoms. The average molecular weight is 353 g/mol. The van der Waals surface area contributed by atoms with Gasteiger partial charge in [0.05, 0.1) is 6.10 Å². The number of carbonyl (C=O) groups excluding carboxylic acids is 1. The first-order chi connectivity index (χ1) is 9.97. The number of aryl methyl sites for hydroxylation is 1. The van der Waals surface area contributed by atoms with Gasteiger partial charge in [-0.3, -0.25) is 9.48 Å². The summed E-state index contributed by atoms with van der Waals surface area (Å²) in [6.07, 6.45) is 1.81. The molecule has 2 rings (SSSR count). The first-order valence-electron chi connectivity index (χ1n) is 6.58. The lowest BCUT2D eigenvalue weighted by Crippen LogP contribution is -2.11. The fourth-order valence-electron chi connectivity index (χ4n) is 1.88. The predicted molar refractivity (Wildman–Crippen MR) is 83.0 cm³/mol. The Bertz CT molecular complexity index is 638. The van der Waals surface area contributed by atoms with E-state index in [0.717, 1.165) is 0 Å². The smallest absolute Gasteiger partial charge is 0.233 e. The molecule has 0 aliphatic heterocycles. The number of halogens is 1. The van der Waals surface area contributed by atoms with Crippen LogP contribution in [0.3, 0.4) is 0 Å². The second kappa shape index (κ2) is 6.76. The third kappa shape index (κ3) is 4.07. The summed E-state index contributed by atoms with van der Waals surface area (Å²) in [6, 6.07) is 7.12. The Morgan fingerprint density at radius 2 is 2.14 bits per heavy atom. The van der Waals surface area contributed by atoms with E-state index in [1.54, 1.807) is 29.1 Å². The van der Waals surface area contributed by atoms with Gasteiger partial charge >= 0.3 is 0 Å². The van der Waals surface area contributed by atoms with Crippen molar-refractivity contribution >= 4 is 20.6 Å². The van der Waals surface area contributed by atoms with Crippen molar-refractivity contribution in [1.29, 1.82) is 0 Å². The number of hydrogen-bond acceptors (Lipinski definition) is 4. The van der Waals surface area contributed by atoms with E-state index >= 15 is 0 Å². The fourth-order valence-corrected chi connectivity index (χ4v) is 2.25. The van der Waals surface area contributed by atoms with Crippen molar-refractivity contribution in [2.75, 3.05) is 0 Å². The maximum Gasteiger partial charge on any atom is 0.233 e. The van der Waals surface area contributed by atoms with Gasteiger partial charge in [-0.05, 0) is 41.9 Å². The van der Waals surface area contributed by atoms with Crippen LogP contribution in [0.1, 0.15) is 29.8 Å². The zero-order valence-corrected chi connectivity index (χ0v) is 13.8. The van der Waals surface area contributed by atoms with Crippen molar-refractivity contribution in [3.63, 3.8) is 0 Å². The number of rotatable bonds is 6. The highest BCUT2D eigenvalue weighted by Gasteiger charge is 2.16. The Labute approximate surface area is 132 Å². The Morgan fingerprint density at radius 1 is 1.38 bits per heavy atom. The van der Waals surface area contributed by atoms with Gasteiger partial charge in [-0.1, -0.05) is 6.07 Å². The molecule has 0 N–H and O–H groups in total. The third-order valence-corrected chi connectivity index (χ3v) is 3.19. The lowest BCUT2D eigenvalue weighted by atomic mass is 10.1. The Hall–Kier alpha value is -1.82. The molecule has 0 atom stereocenters. The molecule has 0 aliphatic carbocycles. The summed E-state index contributed by atoms with van der Waals surface area (Å²) in [4.78, 5) is 11.7.